The van der Waals surface area contributed by atoms with E-state index in [9.17, 15) is 4.79 Å². The molecule has 0 aliphatic carbocycles. The standard InChI is InChI=1S/C7H14N2O2/c1-6-4-8-2-3-9(5-6)7(10)11/h6,8H,2-5H2,1H3,(H,10,11). The molecule has 1 aliphatic heterocycles. The predicted molar refractivity (Wildman–Crippen MR) is 41.6 cm³/mol. The van der Waals surface area contributed by atoms with E-state index in [-0.39, 0.29) is 0 Å². The molecule has 1 saturated heterocycles. The topological polar surface area (TPSA) is 52.6 Å². The van der Waals surface area contributed by atoms with E-state index in [1.54, 1.807) is 0 Å². The summed E-state index contributed by atoms with van der Waals surface area (Å²) in [4.78, 5) is 12.0. The van der Waals surface area contributed by atoms with Crippen LogP contribution in [0.15, 0.2) is 0 Å². The lowest BCUT2D eigenvalue weighted by Gasteiger charge is -2.17. The van der Waals surface area contributed by atoms with Gasteiger partial charge in [0.05, 0.1) is 0 Å². The van der Waals surface area contributed by atoms with Crippen LogP contribution in [-0.2, 0) is 0 Å². The van der Waals surface area contributed by atoms with Gasteiger partial charge in [0.1, 0.15) is 0 Å². The zero-order valence-electron chi connectivity index (χ0n) is 6.71. The molecular weight excluding hydrogens is 144 g/mol. The molecule has 0 saturated carbocycles. The number of rotatable bonds is 0. The van der Waals surface area contributed by atoms with Crippen molar-refractivity contribution in [2.75, 3.05) is 26.2 Å². The Bertz CT molecular complexity index is 149. The summed E-state index contributed by atoms with van der Waals surface area (Å²) < 4.78 is 0. The zero-order chi connectivity index (χ0) is 8.27. The Balaban J connectivity index is 2.45. The highest BCUT2D eigenvalue weighted by atomic mass is 16.4. The van der Waals surface area contributed by atoms with E-state index in [1.807, 2.05) is 6.92 Å². The monoisotopic (exact) mass is 158 g/mol. The quantitative estimate of drug-likeness (QED) is 0.529. The summed E-state index contributed by atoms with van der Waals surface area (Å²) in [5.74, 6) is 0.425. The van der Waals surface area contributed by atoms with Crippen molar-refractivity contribution in [3.05, 3.63) is 0 Å². The van der Waals surface area contributed by atoms with Gasteiger partial charge in [-0.1, -0.05) is 6.92 Å². The van der Waals surface area contributed by atoms with Crippen LogP contribution in [0.1, 0.15) is 6.92 Å². The van der Waals surface area contributed by atoms with Crippen LogP contribution >= 0.6 is 0 Å². The van der Waals surface area contributed by atoms with E-state index < -0.39 is 6.09 Å². The van der Waals surface area contributed by atoms with Crippen molar-refractivity contribution >= 4 is 6.09 Å². The second-order valence-electron chi connectivity index (χ2n) is 3.04. The van der Waals surface area contributed by atoms with Crippen LogP contribution in [0.25, 0.3) is 0 Å². The summed E-state index contributed by atoms with van der Waals surface area (Å²) in [5.41, 5.74) is 0. The Hall–Kier alpha value is -0.770. The maximum atomic E-state index is 10.6. The summed E-state index contributed by atoms with van der Waals surface area (Å²) in [7, 11) is 0. The van der Waals surface area contributed by atoms with Gasteiger partial charge < -0.3 is 15.3 Å². The second-order valence-corrected chi connectivity index (χ2v) is 3.04. The molecule has 2 N–H and O–H groups in total. The van der Waals surface area contributed by atoms with Crippen LogP contribution in [0.5, 0.6) is 0 Å². The average Bonchev–Trinajstić information content (AvgIpc) is 2.13. The molecule has 4 nitrogen and oxygen atoms in total. The molecule has 64 valence electrons. The normalized spacial score (nSPS) is 26.3. The maximum Gasteiger partial charge on any atom is 0.407 e. The van der Waals surface area contributed by atoms with Gasteiger partial charge in [-0.05, 0) is 12.5 Å². The third-order valence-corrected chi connectivity index (χ3v) is 1.85. The highest BCUT2D eigenvalue weighted by molar-refractivity contribution is 5.64. The molecule has 0 aromatic heterocycles. The molecule has 1 heterocycles. The smallest absolute Gasteiger partial charge is 0.407 e. The van der Waals surface area contributed by atoms with Gasteiger partial charge >= 0.3 is 6.09 Å². The SMILES string of the molecule is CC1CNCCN(C(=O)O)C1. The second kappa shape index (κ2) is 3.57. The Labute approximate surface area is 66.2 Å². The Morgan fingerprint density at radius 1 is 1.73 bits per heavy atom. The first-order chi connectivity index (χ1) is 5.20. The zero-order valence-corrected chi connectivity index (χ0v) is 6.71. The molecule has 1 amide bonds. The van der Waals surface area contributed by atoms with Crippen molar-refractivity contribution in [1.29, 1.82) is 0 Å². The molecule has 1 aliphatic rings. The van der Waals surface area contributed by atoms with E-state index in [0.717, 1.165) is 13.1 Å². The number of nitrogens with one attached hydrogen (secondary N) is 1. The summed E-state index contributed by atoms with van der Waals surface area (Å²) in [6, 6.07) is 0. The lowest BCUT2D eigenvalue weighted by atomic mass is 10.2. The number of nitrogens with zero attached hydrogens (tertiary/aromatic N) is 1. The molecule has 1 rings (SSSR count). The van der Waals surface area contributed by atoms with Gasteiger partial charge in [0.2, 0.25) is 0 Å². The number of hydrogen-bond acceptors (Lipinski definition) is 2. The minimum Gasteiger partial charge on any atom is -0.465 e. The fourth-order valence-electron chi connectivity index (χ4n) is 1.27. The minimum atomic E-state index is -0.805. The molecule has 4 heteroatoms. The Morgan fingerprint density at radius 2 is 2.45 bits per heavy atom. The van der Waals surface area contributed by atoms with E-state index in [1.165, 1.54) is 4.90 Å². The van der Waals surface area contributed by atoms with Gasteiger partial charge in [-0.3, -0.25) is 0 Å². The average molecular weight is 158 g/mol. The molecule has 11 heavy (non-hydrogen) atoms. The summed E-state index contributed by atoms with van der Waals surface area (Å²) >= 11 is 0. The van der Waals surface area contributed by atoms with Crippen LogP contribution in [-0.4, -0.2) is 42.3 Å². The fraction of sp³-hybridized carbons (Fsp3) is 0.857. The van der Waals surface area contributed by atoms with Crippen molar-refractivity contribution < 1.29 is 9.90 Å². The van der Waals surface area contributed by atoms with Crippen molar-refractivity contribution in [2.24, 2.45) is 5.92 Å². The first-order valence-electron chi connectivity index (χ1n) is 3.88. The van der Waals surface area contributed by atoms with Gasteiger partial charge in [-0.2, -0.15) is 0 Å². The van der Waals surface area contributed by atoms with Gasteiger partial charge in [0.25, 0.3) is 0 Å². The van der Waals surface area contributed by atoms with Crippen LogP contribution < -0.4 is 5.32 Å². The molecule has 0 aromatic carbocycles. The summed E-state index contributed by atoms with van der Waals surface area (Å²) in [5, 5.41) is 11.9. The van der Waals surface area contributed by atoms with E-state index in [0.29, 0.717) is 19.0 Å². The molecule has 0 spiro atoms. The third kappa shape index (κ3) is 2.38. The van der Waals surface area contributed by atoms with Crippen molar-refractivity contribution in [2.45, 2.75) is 6.92 Å². The predicted octanol–water partition coefficient (Wildman–Crippen LogP) is 0.206. The molecule has 0 radical (unpaired) electrons. The number of carbonyl (C=O) groups is 1. The van der Waals surface area contributed by atoms with Gasteiger partial charge in [0.15, 0.2) is 0 Å². The van der Waals surface area contributed by atoms with Gasteiger partial charge in [-0.15, -0.1) is 0 Å². The summed E-state index contributed by atoms with van der Waals surface area (Å²) in [6.07, 6.45) is -0.805. The largest absolute Gasteiger partial charge is 0.465 e. The highest BCUT2D eigenvalue weighted by Gasteiger charge is 2.17. The van der Waals surface area contributed by atoms with Crippen LogP contribution in [0.3, 0.4) is 0 Å². The fourth-order valence-corrected chi connectivity index (χ4v) is 1.27. The minimum absolute atomic E-state index is 0.425. The number of amides is 1. The number of carboxylic acid groups (broad SMARTS) is 1. The molecule has 1 fully saturated rings. The molecular formula is C7H14N2O2. The first kappa shape index (κ1) is 8.33. The van der Waals surface area contributed by atoms with E-state index >= 15 is 0 Å². The highest BCUT2D eigenvalue weighted by Crippen LogP contribution is 2.01. The van der Waals surface area contributed by atoms with E-state index in [4.69, 9.17) is 5.11 Å². The van der Waals surface area contributed by atoms with Gasteiger partial charge in [-0.25, -0.2) is 4.79 Å². The number of hydrogen-bond donors (Lipinski definition) is 2. The lowest BCUT2D eigenvalue weighted by Crippen LogP contribution is -2.34. The summed E-state index contributed by atoms with van der Waals surface area (Å²) in [6.45, 7) is 5.01. The van der Waals surface area contributed by atoms with Crippen molar-refractivity contribution in [1.82, 2.24) is 10.2 Å². The molecule has 1 atom stereocenters. The Kier molecular flexibility index (Phi) is 2.70. The molecule has 0 aromatic rings. The molecule has 0 bridgehead atoms. The van der Waals surface area contributed by atoms with Crippen LogP contribution in [0.2, 0.25) is 0 Å². The van der Waals surface area contributed by atoms with Crippen molar-refractivity contribution in [3.8, 4) is 0 Å². The first-order valence-corrected chi connectivity index (χ1v) is 3.88. The van der Waals surface area contributed by atoms with E-state index in [2.05, 4.69) is 5.32 Å². The van der Waals surface area contributed by atoms with Crippen LogP contribution in [0, 0.1) is 5.92 Å². The molecule has 1 unspecified atom stereocenters. The lowest BCUT2D eigenvalue weighted by molar-refractivity contribution is 0.143. The van der Waals surface area contributed by atoms with Crippen LogP contribution in [0.4, 0.5) is 4.79 Å². The Morgan fingerprint density at radius 3 is 3.09 bits per heavy atom. The third-order valence-electron chi connectivity index (χ3n) is 1.85. The maximum absolute atomic E-state index is 10.6. The van der Waals surface area contributed by atoms with Gasteiger partial charge in [0, 0.05) is 19.6 Å². The van der Waals surface area contributed by atoms with Crippen molar-refractivity contribution in [3.63, 3.8) is 0 Å².